The summed E-state index contributed by atoms with van der Waals surface area (Å²) in [6.07, 6.45) is 1.77. The van der Waals surface area contributed by atoms with Crippen molar-refractivity contribution in [2.24, 2.45) is 5.14 Å². The monoisotopic (exact) mass is 403 g/mol. The highest BCUT2D eigenvalue weighted by atomic mass is 35.5. The Morgan fingerprint density at radius 2 is 1.59 bits per heavy atom. The molecule has 2 heterocycles. The Morgan fingerprint density at radius 1 is 0.926 bits per heavy atom. The van der Waals surface area contributed by atoms with Gasteiger partial charge in [0.15, 0.2) is 0 Å². The van der Waals surface area contributed by atoms with E-state index in [1.165, 1.54) is 12.1 Å². The fourth-order valence-electron chi connectivity index (χ4n) is 3.17. The normalized spacial score (nSPS) is 15.3. The molecule has 140 valence electrons. The molecule has 1 fully saturated rings. The van der Waals surface area contributed by atoms with Gasteiger partial charge in [0.2, 0.25) is 10.0 Å². The number of halogens is 1. The zero-order chi connectivity index (χ0) is 19.0. The molecule has 1 aliphatic rings. The zero-order valence-corrected chi connectivity index (χ0v) is 16.0. The van der Waals surface area contributed by atoms with Crippen LogP contribution in [-0.4, -0.2) is 44.6 Å². The number of nitrogens with zero attached hydrogens (tertiary/aromatic N) is 4. The summed E-state index contributed by atoms with van der Waals surface area (Å²) in [5, 5.41) is 5.79. The molecule has 1 saturated heterocycles. The molecule has 7 nitrogen and oxygen atoms in total. The van der Waals surface area contributed by atoms with Crippen LogP contribution in [0.4, 0.5) is 11.5 Å². The van der Waals surface area contributed by atoms with Crippen LogP contribution in [0.15, 0.2) is 53.6 Å². The highest BCUT2D eigenvalue weighted by Gasteiger charge is 2.19. The van der Waals surface area contributed by atoms with Crippen LogP contribution in [0.5, 0.6) is 0 Å². The van der Waals surface area contributed by atoms with E-state index in [4.69, 9.17) is 16.7 Å². The van der Waals surface area contributed by atoms with E-state index in [9.17, 15) is 8.42 Å². The number of anilines is 2. The molecule has 0 atom stereocenters. The lowest BCUT2D eigenvalue weighted by molar-refractivity contribution is 0.597. The Balaban J connectivity index is 1.46. The number of fused-ring (bicyclic) bond motifs is 1. The Hall–Kier alpha value is -2.42. The van der Waals surface area contributed by atoms with Crippen molar-refractivity contribution in [3.8, 4) is 0 Å². The number of nitrogens with two attached hydrogens (primary N) is 1. The predicted molar refractivity (Wildman–Crippen MR) is 107 cm³/mol. The van der Waals surface area contributed by atoms with Gasteiger partial charge in [0.25, 0.3) is 0 Å². The molecule has 9 heteroatoms. The van der Waals surface area contributed by atoms with E-state index < -0.39 is 10.0 Å². The minimum Gasteiger partial charge on any atom is -0.368 e. The Labute approximate surface area is 162 Å². The van der Waals surface area contributed by atoms with E-state index in [-0.39, 0.29) is 4.90 Å². The molecule has 3 aromatic rings. The van der Waals surface area contributed by atoms with Gasteiger partial charge in [0.1, 0.15) is 5.82 Å². The number of rotatable bonds is 3. The summed E-state index contributed by atoms with van der Waals surface area (Å²) in [5.41, 5.74) is 2.57. The molecule has 0 amide bonds. The van der Waals surface area contributed by atoms with Gasteiger partial charge in [-0.2, -0.15) is 0 Å². The molecule has 2 aromatic carbocycles. The number of hydrogen-bond donors (Lipinski definition) is 1. The summed E-state index contributed by atoms with van der Waals surface area (Å²) in [6.45, 7) is 3.19. The largest absolute Gasteiger partial charge is 0.368 e. The Bertz CT molecular complexity index is 1080. The molecule has 1 aliphatic heterocycles. The van der Waals surface area contributed by atoms with Crippen LogP contribution in [0.1, 0.15) is 0 Å². The third kappa shape index (κ3) is 3.83. The van der Waals surface area contributed by atoms with Crippen LogP contribution in [-0.2, 0) is 10.0 Å². The smallest absolute Gasteiger partial charge is 0.238 e. The van der Waals surface area contributed by atoms with Crippen molar-refractivity contribution in [1.29, 1.82) is 0 Å². The van der Waals surface area contributed by atoms with Crippen molar-refractivity contribution in [1.82, 2.24) is 9.97 Å². The lowest BCUT2D eigenvalue weighted by atomic mass is 10.2. The molecule has 2 N–H and O–H groups in total. The molecule has 1 aromatic heterocycles. The summed E-state index contributed by atoms with van der Waals surface area (Å²) in [4.78, 5) is 13.7. The zero-order valence-electron chi connectivity index (χ0n) is 14.4. The van der Waals surface area contributed by atoms with E-state index in [2.05, 4.69) is 19.8 Å². The van der Waals surface area contributed by atoms with Crippen molar-refractivity contribution < 1.29 is 8.42 Å². The Morgan fingerprint density at radius 3 is 2.26 bits per heavy atom. The highest BCUT2D eigenvalue weighted by Crippen LogP contribution is 2.23. The standard InChI is InChI=1S/C18H18ClN5O2S/c19-13-1-6-16-17(11-13)21-12-18(22-16)24-9-7-23(8-10-24)14-2-4-15(5-3-14)27(20,25)26/h1-6,11-12H,7-10H2,(H2,20,25,26). The topological polar surface area (TPSA) is 92.4 Å². The number of primary sulfonamides is 1. The predicted octanol–water partition coefficient (Wildman–Crippen LogP) is 2.26. The first kappa shape index (κ1) is 18.0. The fourth-order valence-corrected chi connectivity index (χ4v) is 3.85. The molecule has 0 radical (unpaired) electrons. The van der Waals surface area contributed by atoms with Gasteiger partial charge in [-0.05, 0) is 42.5 Å². The number of aromatic nitrogens is 2. The van der Waals surface area contributed by atoms with Crippen molar-refractivity contribution >= 4 is 44.2 Å². The molecule has 4 rings (SSSR count). The van der Waals surface area contributed by atoms with Gasteiger partial charge in [0.05, 0.1) is 22.1 Å². The average Bonchev–Trinajstić information content (AvgIpc) is 2.67. The minimum atomic E-state index is -3.67. The molecule has 0 bridgehead atoms. The van der Waals surface area contributed by atoms with Crippen molar-refractivity contribution in [3.05, 3.63) is 53.7 Å². The van der Waals surface area contributed by atoms with Gasteiger partial charge >= 0.3 is 0 Å². The number of benzene rings is 2. The lowest BCUT2D eigenvalue weighted by Crippen LogP contribution is -2.46. The number of sulfonamides is 1. The molecule has 27 heavy (non-hydrogen) atoms. The van der Waals surface area contributed by atoms with Gasteiger partial charge in [-0.1, -0.05) is 11.6 Å². The highest BCUT2D eigenvalue weighted by molar-refractivity contribution is 7.89. The van der Waals surface area contributed by atoms with E-state index in [1.54, 1.807) is 24.4 Å². The van der Waals surface area contributed by atoms with Crippen molar-refractivity contribution in [2.45, 2.75) is 4.90 Å². The summed E-state index contributed by atoms with van der Waals surface area (Å²) < 4.78 is 22.7. The lowest BCUT2D eigenvalue weighted by Gasteiger charge is -2.36. The maximum Gasteiger partial charge on any atom is 0.238 e. The summed E-state index contributed by atoms with van der Waals surface area (Å²) in [5.74, 6) is 0.842. The van der Waals surface area contributed by atoms with Gasteiger partial charge in [-0.3, -0.25) is 4.98 Å². The second-order valence-electron chi connectivity index (χ2n) is 6.37. The quantitative estimate of drug-likeness (QED) is 0.721. The number of piperazine rings is 1. The SMILES string of the molecule is NS(=O)(=O)c1ccc(N2CCN(c3cnc4cc(Cl)ccc4n3)CC2)cc1. The molecule has 0 saturated carbocycles. The first-order valence-electron chi connectivity index (χ1n) is 8.45. The first-order chi connectivity index (χ1) is 12.9. The number of hydrogen-bond acceptors (Lipinski definition) is 6. The average molecular weight is 404 g/mol. The maximum atomic E-state index is 11.4. The van der Waals surface area contributed by atoms with Crippen LogP contribution >= 0.6 is 11.6 Å². The molecular weight excluding hydrogens is 386 g/mol. The maximum absolute atomic E-state index is 11.4. The van der Waals surface area contributed by atoms with Gasteiger partial charge < -0.3 is 9.80 Å². The summed E-state index contributed by atoms with van der Waals surface area (Å²) in [6, 6.07) is 12.1. The van der Waals surface area contributed by atoms with Crippen molar-refractivity contribution in [2.75, 3.05) is 36.0 Å². The molecule has 0 aliphatic carbocycles. The van der Waals surface area contributed by atoms with Gasteiger partial charge in [-0.15, -0.1) is 0 Å². The molecular formula is C18H18ClN5O2S. The van der Waals surface area contributed by atoms with Crippen LogP contribution < -0.4 is 14.9 Å². The van der Waals surface area contributed by atoms with E-state index >= 15 is 0 Å². The second-order valence-corrected chi connectivity index (χ2v) is 8.37. The van der Waals surface area contributed by atoms with Crippen LogP contribution in [0.2, 0.25) is 5.02 Å². The van der Waals surface area contributed by atoms with Crippen LogP contribution in [0.3, 0.4) is 0 Å². The van der Waals surface area contributed by atoms with E-state index in [0.717, 1.165) is 48.7 Å². The Kier molecular flexibility index (Phi) is 4.63. The molecule has 0 unspecified atom stereocenters. The summed E-state index contributed by atoms with van der Waals surface area (Å²) in [7, 11) is -3.67. The van der Waals surface area contributed by atoms with E-state index in [0.29, 0.717) is 5.02 Å². The van der Waals surface area contributed by atoms with Crippen LogP contribution in [0.25, 0.3) is 11.0 Å². The van der Waals surface area contributed by atoms with Crippen molar-refractivity contribution in [3.63, 3.8) is 0 Å². The minimum absolute atomic E-state index is 0.122. The second kappa shape index (κ2) is 6.95. The molecule has 0 spiro atoms. The third-order valence-corrected chi connectivity index (χ3v) is 5.79. The van der Waals surface area contributed by atoms with Crippen LogP contribution in [0, 0.1) is 0 Å². The fraction of sp³-hybridized carbons (Fsp3) is 0.222. The van der Waals surface area contributed by atoms with E-state index in [1.807, 2.05) is 12.1 Å². The summed E-state index contributed by atoms with van der Waals surface area (Å²) >= 11 is 5.99. The van der Waals surface area contributed by atoms with Gasteiger partial charge in [0, 0.05) is 36.9 Å². The third-order valence-electron chi connectivity index (χ3n) is 4.63. The van der Waals surface area contributed by atoms with Gasteiger partial charge in [-0.25, -0.2) is 18.5 Å². The first-order valence-corrected chi connectivity index (χ1v) is 10.4.